The molecule has 2 aromatic carbocycles. The SMILES string of the molecule is Cc1ccccc1/C=N\NC(=O)c1ccccc1Br. The maximum absolute atomic E-state index is 11.9. The Morgan fingerprint density at radius 3 is 2.58 bits per heavy atom. The van der Waals surface area contributed by atoms with Crippen LogP contribution in [0.25, 0.3) is 0 Å². The molecule has 0 aromatic heterocycles. The second-order valence-electron chi connectivity index (χ2n) is 4.04. The minimum atomic E-state index is -0.239. The molecule has 0 atom stereocenters. The van der Waals surface area contributed by atoms with Gasteiger partial charge in [0, 0.05) is 4.47 Å². The Bertz CT molecular complexity index is 623. The van der Waals surface area contributed by atoms with Gasteiger partial charge in [-0.05, 0) is 46.1 Å². The number of nitrogens with zero attached hydrogens (tertiary/aromatic N) is 1. The third kappa shape index (κ3) is 3.51. The average molecular weight is 317 g/mol. The summed E-state index contributed by atoms with van der Waals surface area (Å²) in [4.78, 5) is 11.9. The first-order valence-corrected chi connectivity index (χ1v) is 6.61. The van der Waals surface area contributed by atoms with Gasteiger partial charge in [-0.3, -0.25) is 4.79 Å². The fraction of sp³-hybridized carbons (Fsp3) is 0.0667. The Balaban J connectivity index is 2.06. The van der Waals surface area contributed by atoms with Crippen molar-refractivity contribution in [2.24, 2.45) is 5.10 Å². The van der Waals surface area contributed by atoms with E-state index in [9.17, 15) is 4.79 Å². The fourth-order valence-corrected chi connectivity index (χ4v) is 2.06. The van der Waals surface area contributed by atoms with Crippen molar-refractivity contribution in [3.05, 3.63) is 69.7 Å². The first-order valence-electron chi connectivity index (χ1n) is 5.82. The van der Waals surface area contributed by atoms with Gasteiger partial charge in [-0.1, -0.05) is 36.4 Å². The zero-order valence-corrected chi connectivity index (χ0v) is 12.0. The van der Waals surface area contributed by atoms with Gasteiger partial charge >= 0.3 is 0 Å². The van der Waals surface area contributed by atoms with Crippen LogP contribution in [-0.4, -0.2) is 12.1 Å². The largest absolute Gasteiger partial charge is 0.272 e. The third-order valence-electron chi connectivity index (χ3n) is 2.68. The van der Waals surface area contributed by atoms with Crippen molar-refractivity contribution in [3.63, 3.8) is 0 Å². The Morgan fingerprint density at radius 2 is 1.84 bits per heavy atom. The highest BCUT2D eigenvalue weighted by molar-refractivity contribution is 9.10. The molecule has 0 radical (unpaired) electrons. The molecule has 2 rings (SSSR count). The number of hydrogen-bond donors (Lipinski definition) is 1. The lowest BCUT2D eigenvalue weighted by atomic mass is 10.1. The summed E-state index contributed by atoms with van der Waals surface area (Å²) in [7, 11) is 0. The molecule has 0 heterocycles. The molecular formula is C15H13BrN2O. The topological polar surface area (TPSA) is 41.5 Å². The number of carbonyl (C=O) groups is 1. The van der Waals surface area contributed by atoms with Crippen LogP contribution >= 0.6 is 15.9 Å². The van der Waals surface area contributed by atoms with E-state index in [2.05, 4.69) is 26.5 Å². The standard InChI is InChI=1S/C15H13BrN2O/c1-11-6-2-3-7-12(11)10-17-18-15(19)13-8-4-5-9-14(13)16/h2-10H,1H3,(H,18,19)/b17-10-. The number of aryl methyl sites for hydroxylation is 1. The number of rotatable bonds is 3. The summed E-state index contributed by atoms with van der Waals surface area (Å²) in [5.41, 5.74) is 5.17. The highest BCUT2D eigenvalue weighted by Crippen LogP contribution is 2.15. The van der Waals surface area contributed by atoms with Crippen molar-refractivity contribution in [1.29, 1.82) is 0 Å². The van der Waals surface area contributed by atoms with E-state index in [0.29, 0.717) is 5.56 Å². The van der Waals surface area contributed by atoms with E-state index in [0.717, 1.165) is 15.6 Å². The summed E-state index contributed by atoms with van der Waals surface area (Å²) in [5, 5.41) is 3.97. The second kappa shape index (κ2) is 6.29. The minimum Gasteiger partial charge on any atom is -0.267 e. The van der Waals surface area contributed by atoms with Crippen LogP contribution in [0.5, 0.6) is 0 Å². The molecule has 0 aliphatic rings. The number of benzene rings is 2. The average Bonchev–Trinajstić information content (AvgIpc) is 2.41. The van der Waals surface area contributed by atoms with Gasteiger partial charge in [0.2, 0.25) is 0 Å². The molecule has 0 fully saturated rings. The van der Waals surface area contributed by atoms with Crippen LogP contribution in [-0.2, 0) is 0 Å². The van der Waals surface area contributed by atoms with Gasteiger partial charge in [-0.15, -0.1) is 0 Å². The van der Waals surface area contributed by atoms with Crippen molar-refractivity contribution in [1.82, 2.24) is 5.43 Å². The maximum atomic E-state index is 11.9. The zero-order valence-electron chi connectivity index (χ0n) is 10.4. The van der Waals surface area contributed by atoms with Gasteiger partial charge in [-0.2, -0.15) is 5.10 Å². The molecule has 1 amide bonds. The highest BCUT2D eigenvalue weighted by Gasteiger charge is 2.07. The second-order valence-corrected chi connectivity index (χ2v) is 4.89. The van der Waals surface area contributed by atoms with Gasteiger partial charge in [-0.25, -0.2) is 5.43 Å². The highest BCUT2D eigenvalue weighted by atomic mass is 79.9. The van der Waals surface area contributed by atoms with Crippen LogP contribution in [0.2, 0.25) is 0 Å². The first-order chi connectivity index (χ1) is 9.18. The Kier molecular flexibility index (Phi) is 4.47. The smallest absolute Gasteiger partial charge is 0.267 e. The Hall–Kier alpha value is -1.94. The molecule has 2 aromatic rings. The summed E-state index contributed by atoms with van der Waals surface area (Å²) in [6.07, 6.45) is 1.64. The van der Waals surface area contributed by atoms with E-state index in [1.807, 2.05) is 49.4 Å². The molecular weight excluding hydrogens is 304 g/mol. The van der Waals surface area contributed by atoms with E-state index >= 15 is 0 Å². The minimum absolute atomic E-state index is 0.239. The molecule has 19 heavy (non-hydrogen) atoms. The predicted molar refractivity (Wildman–Crippen MR) is 80.4 cm³/mol. The monoisotopic (exact) mass is 316 g/mol. The Labute approximate surface area is 120 Å². The van der Waals surface area contributed by atoms with Crippen molar-refractivity contribution in [2.45, 2.75) is 6.92 Å². The van der Waals surface area contributed by atoms with Crippen LogP contribution in [0, 0.1) is 6.92 Å². The molecule has 1 N–H and O–H groups in total. The maximum Gasteiger partial charge on any atom is 0.272 e. The van der Waals surface area contributed by atoms with E-state index in [1.54, 1.807) is 12.3 Å². The lowest BCUT2D eigenvalue weighted by Crippen LogP contribution is -2.18. The molecule has 96 valence electrons. The molecule has 0 spiro atoms. The number of halogens is 1. The fourth-order valence-electron chi connectivity index (χ4n) is 1.60. The molecule has 3 nitrogen and oxygen atoms in total. The summed E-state index contributed by atoms with van der Waals surface area (Å²) < 4.78 is 0.749. The number of hydrogen-bond acceptors (Lipinski definition) is 2. The van der Waals surface area contributed by atoms with Crippen molar-refractivity contribution >= 4 is 28.1 Å². The van der Waals surface area contributed by atoms with E-state index in [-0.39, 0.29) is 5.91 Å². The summed E-state index contributed by atoms with van der Waals surface area (Å²) in [6, 6.07) is 15.1. The van der Waals surface area contributed by atoms with Crippen LogP contribution < -0.4 is 5.43 Å². The lowest BCUT2D eigenvalue weighted by Gasteiger charge is -2.02. The zero-order chi connectivity index (χ0) is 13.7. The molecule has 0 saturated heterocycles. The number of carbonyl (C=O) groups excluding carboxylic acids is 1. The molecule has 0 aliphatic carbocycles. The summed E-state index contributed by atoms with van der Waals surface area (Å²) in [5.74, 6) is -0.239. The van der Waals surface area contributed by atoms with Gasteiger partial charge in [0.15, 0.2) is 0 Å². The third-order valence-corrected chi connectivity index (χ3v) is 3.37. The number of nitrogens with one attached hydrogen (secondary N) is 1. The van der Waals surface area contributed by atoms with Crippen molar-refractivity contribution < 1.29 is 4.79 Å². The molecule has 0 aliphatic heterocycles. The summed E-state index contributed by atoms with van der Waals surface area (Å²) in [6.45, 7) is 2.00. The van der Waals surface area contributed by atoms with Crippen LogP contribution in [0.4, 0.5) is 0 Å². The van der Waals surface area contributed by atoms with Crippen LogP contribution in [0.15, 0.2) is 58.1 Å². The van der Waals surface area contributed by atoms with Gasteiger partial charge < -0.3 is 0 Å². The number of amides is 1. The van der Waals surface area contributed by atoms with Gasteiger partial charge in [0.05, 0.1) is 11.8 Å². The van der Waals surface area contributed by atoms with Crippen molar-refractivity contribution in [3.8, 4) is 0 Å². The molecule has 0 bridgehead atoms. The van der Waals surface area contributed by atoms with E-state index in [1.165, 1.54) is 0 Å². The Morgan fingerprint density at radius 1 is 1.16 bits per heavy atom. The van der Waals surface area contributed by atoms with Gasteiger partial charge in [0.1, 0.15) is 0 Å². The van der Waals surface area contributed by atoms with Crippen LogP contribution in [0.3, 0.4) is 0 Å². The predicted octanol–water partition coefficient (Wildman–Crippen LogP) is 3.52. The summed E-state index contributed by atoms with van der Waals surface area (Å²) >= 11 is 3.33. The van der Waals surface area contributed by atoms with Gasteiger partial charge in [0.25, 0.3) is 5.91 Å². The lowest BCUT2D eigenvalue weighted by molar-refractivity contribution is 0.0954. The number of hydrazone groups is 1. The normalized spacial score (nSPS) is 10.6. The molecule has 4 heteroatoms. The van der Waals surface area contributed by atoms with Crippen LogP contribution in [0.1, 0.15) is 21.5 Å². The van der Waals surface area contributed by atoms with Crippen molar-refractivity contribution in [2.75, 3.05) is 0 Å². The quantitative estimate of drug-likeness (QED) is 0.683. The van der Waals surface area contributed by atoms with E-state index < -0.39 is 0 Å². The molecule has 0 unspecified atom stereocenters. The van der Waals surface area contributed by atoms with E-state index in [4.69, 9.17) is 0 Å². The molecule has 0 saturated carbocycles. The first kappa shape index (κ1) is 13.5.